The van der Waals surface area contributed by atoms with Crippen LogP contribution < -0.4 is 4.72 Å². The number of nitrogens with zero attached hydrogens (tertiary/aromatic N) is 1. The second kappa shape index (κ2) is 6.83. The van der Waals surface area contributed by atoms with Gasteiger partial charge in [0.1, 0.15) is 0 Å². The van der Waals surface area contributed by atoms with Gasteiger partial charge >= 0.3 is 0 Å². The first-order valence-electron chi connectivity index (χ1n) is 7.63. The second-order valence-electron chi connectivity index (χ2n) is 5.64. The van der Waals surface area contributed by atoms with Crippen LogP contribution in [0.4, 0.5) is 5.69 Å². The fourth-order valence-electron chi connectivity index (χ4n) is 2.63. The second-order valence-corrected chi connectivity index (χ2v) is 7.76. The van der Waals surface area contributed by atoms with E-state index in [0.717, 1.165) is 25.9 Å². The SMILES string of the molecule is O=C(c1ccc(NS(=O)(=O)c2cccc(Cl)c2)cc1)N1CCCC1. The van der Waals surface area contributed by atoms with Gasteiger partial charge in [0.05, 0.1) is 4.90 Å². The van der Waals surface area contributed by atoms with Gasteiger partial charge in [0.15, 0.2) is 0 Å². The number of likely N-dealkylation sites (tertiary alicyclic amines) is 1. The molecular weight excluding hydrogens is 348 g/mol. The van der Waals surface area contributed by atoms with E-state index in [2.05, 4.69) is 4.72 Å². The maximum Gasteiger partial charge on any atom is 0.261 e. The van der Waals surface area contributed by atoms with E-state index in [1.807, 2.05) is 4.90 Å². The molecule has 3 rings (SSSR count). The maximum atomic E-state index is 12.3. The standard InChI is InChI=1S/C17H17ClN2O3S/c18-14-4-3-5-16(12-14)24(22,23)19-15-8-6-13(7-9-15)17(21)20-10-1-2-11-20/h3-9,12,19H,1-2,10-11H2. The summed E-state index contributed by atoms with van der Waals surface area (Å²) >= 11 is 5.84. The van der Waals surface area contributed by atoms with Gasteiger partial charge in [0.25, 0.3) is 15.9 Å². The Kier molecular flexibility index (Phi) is 4.78. The van der Waals surface area contributed by atoms with Crippen molar-refractivity contribution >= 4 is 33.2 Å². The fourth-order valence-corrected chi connectivity index (χ4v) is 3.99. The van der Waals surface area contributed by atoms with E-state index in [1.165, 1.54) is 12.1 Å². The number of carbonyl (C=O) groups is 1. The molecule has 0 saturated carbocycles. The molecule has 0 aliphatic carbocycles. The maximum absolute atomic E-state index is 12.3. The van der Waals surface area contributed by atoms with E-state index < -0.39 is 10.0 Å². The molecule has 0 aromatic heterocycles. The fraction of sp³-hybridized carbons (Fsp3) is 0.235. The molecular formula is C17H17ClN2O3S. The summed E-state index contributed by atoms with van der Waals surface area (Å²) in [5, 5.41) is 0.351. The van der Waals surface area contributed by atoms with Gasteiger partial charge in [-0.1, -0.05) is 17.7 Å². The van der Waals surface area contributed by atoms with Crippen molar-refractivity contribution in [2.75, 3.05) is 17.8 Å². The third kappa shape index (κ3) is 3.71. The van der Waals surface area contributed by atoms with Crippen LogP contribution in [0.5, 0.6) is 0 Å². The van der Waals surface area contributed by atoms with Gasteiger partial charge in [0, 0.05) is 29.4 Å². The quantitative estimate of drug-likeness (QED) is 0.904. The number of amides is 1. The largest absolute Gasteiger partial charge is 0.339 e. The number of nitrogens with one attached hydrogen (secondary N) is 1. The highest BCUT2D eigenvalue weighted by molar-refractivity contribution is 7.92. The molecule has 2 aromatic carbocycles. The molecule has 1 amide bonds. The number of sulfonamides is 1. The summed E-state index contributed by atoms with van der Waals surface area (Å²) in [7, 11) is -3.71. The van der Waals surface area contributed by atoms with Gasteiger partial charge in [-0.15, -0.1) is 0 Å². The van der Waals surface area contributed by atoms with Crippen molar-refractivity contribution < 1.29 is 13.2 Å². The number of hydrogen-bond donors (Lipinski definition) is 1. The molecule has 1 aliphatic rings. The highest BCUT2D eigenvalue weighted by Gasteiger charge is 2.20. The average Bonchev–Trinajstić information content (AvgIpc) is 3.09. The highest BCUT2D eigenvalue weighted by Crippen LogP contribution is 2.20. The van der Waals surface area contributed by atoms with Gasteiger partial charge in [0.2, 0.25) is 0 Å². The minimum Gasteiger partial charge on any atom is -0.339 e. The molecule has 24 heavy (non-hydrogen) atoms. The van der Waals surface area contributed by atoms with Crippen LogP contribution in [0.2, 0.25) is 5.02 Å². The summed E-state index contributed by atoms with van der Waals surface area (Å²) < 4.78 is 27.2. The summed E-state index contributed by atoms with van der Waals surface area (Å²) in [5.74, 6) is -0.0169. The van der Waals surface area contributed by atoms with Crippen molar-refractivity contribution in [2.45, 2.75) is 17.7 Å². The Hall–Kier alpha value is -2.05. The summed E-state index contributed by atoms with van der Waals surface area (Å²) in [6.45, 7) is 1.56. The monoisotopic (exact) mass is 364 g/mol. The molecule has 0 spiro atoms. The molecule has 1 aliphatic heterocycles. The first-order chi connectivity index (χ1) is 11.5. The number of halogens is 1. The Morgan fingerprint density at radius 2 is 1.71 bits per heavy atom. The zero-order chi connectivity index (χ0) is 17.2. The molecule has 0 unspecified atom stereocenters. The highest BCUT2D eigenvalue weighted by atomic mass is 35.5. The van der Waals surface area contributed by atoms with E-state index in [-0.39, 0.29) is 10.8 Å². The summed E-state index contributed by atoms with van der Waals surface area (Å²) in [4.78, 5) is 14.2. The molecule has 126 valence electrons. The first-order valence-corrected chi connectivity index (χ1v) is 9.49. The van der Waals surface area contributed by atoms with E-state index in [9.17, 15) is 13.2 Å². The minimum absolute atomic E-state index is 0.0169. The Balaban J connectivity index is 1.75. The van der Waals surface area contributed by atoms with Gasteiger partial charge in [-0.05, 0) is 55.3 Å². The lowest BCUT2D eigenvalue weighted by Gasteiger charge is -2.15. The Morgan fingerprint density at radius 1 is 1.04 bits per heavy atom. The van der Waals surface area contributed by atoms with Crippen LogP contribution in [0, 0.1) is 0 Å². The summed E-state index contributed by atoms with van der Waals surface area (Å²) in [5.41, 5.74) is 0.954. The number of hydrogen-bond acceptors (Lipinski definition) is 3. The number of rotatable bonds is 4. The van der Waals surface area contributed by atoms with Crippen LogP contribution in [-0.4, -0.2) is 32.3 Å². The zero-order valence-corrected chi connectivity index (χ0v) is 14.5. The van der Waals surface area contributed by atoms with Crippen molar-refractivity contribution in [2.24, 2.45) is 0 Å². The number of benzene rings is 2. The molecule has 1 heterocycles. The van der Waals surface area contributed by atoms with E-state index in [0.29, 0.717) is 16.3 Å². The Bertz CT molecular complexity index is 844. The minimum atomic E-state index is -3.71. The molecule has 0 bridgehead atoms. The summed E-state index contributed by atoms with van der Waals surface area (Å²) in [6.07, 6.45) is 2.06. The van der Waals surface area contributed by atoms with Gasteiger partial charge in [-0.25, -0.2) is 8.42 Å². The van der Waals surface area contributed by atoms with Gasteiger partial charge in [-0.2, -0.15) is 0 Å². The average molecular weight is 365 g/mol. The molecule has 0 radical (unpaired) electrons. The number of carbonyl (C=O) groups excluding carboxylic acids is 1. The molecule has 1 fully saturated rings. The van der Waals surface area contributed by atoms with Crippen LogP contribution in [0.15, 0.2) is 53.4 Å². The third-order valence-corrected chi connectivity index (χ3v) is 5.50. The number of anilines is 1. The van der Waals surface area contributed by atoms with Crippen molar-refractivity contribution in [3.05, 3.63) is 59.1 Å². The molecule has 2 aromatic rings. The van der Waals surface area contributed by atoms with Crippen molar-refractivity contribution in [1.29, 1.82) is 0 Å². The van der Waals surface area contributed by atoms with Crippen LogP contribution in [0.25, 0.3) is 0 Å². The first kappa shape index (κ1) is 16.8. The van der Waals surface area contributed by atoms with Gasteiger partial charge < -0.3 is 4.90 Å². The molecule has 0 atom stereocenters. The van der Waals surface area contributed by atoms with E-state index in [4.69, 9.17) is 11.6 Å². The molecule has 1 N–H and O–H groups in total. The molecule has 1 saturated heterocycles. The van der Waals surface area contributed by atoms with Crippen LogP contribution in [0.3, 0.4) is 0 Å². The van der Waals surface area contributed by atoms with Gasteiger partial charge in [-0.3, -0.25) is 9.52 Å². The van der Waals surface area contributed by atoms with Crippen molar-refractivity contribution in [3.8, 4) is 0 Å². The predicted molar refractivity (Wildman–Crippen MR) is 93.8 cm³/mol. The zero-order valence-electron chi connectivity index (χ0n) is 12.9. The molecule has 7 heteroatoms. The lowest BCUT2D eigenvalue weighted by atomic mass is 10.2. The smallest absolute Gasteiger partial charge is 0.261 e. The van der Waals surface area contributed by atoms with Crippen LogP contribution in [-0.2, 0) is 10.0 Å². The van der Waals surface area contributed by atoms with E-state index in [1.54, 1.807) is 36.4 Å². The molecule has 5 nitrogen and oxygen atoms in total. The topological polar surface area (TPSA) is 66.5 Å². The van der Waals surface area contributed by atoms with Crippen LogP contribution >= 0.6 is 11.6 Å². The lowest BCUT2D eigenvalue weighted by Crippen LogP contribution is -2.27. The Morgan fingerprint density at radius 3 is 2.33 bits per heavy atom. The Labute approximate surface area is 146 Å². The van der Waals surface area contributed by atoms with Crippen LogP contribution in [0.1, 0.15) is 23.2 Å². The summed E-state index contributed by atoms with van der Waals surface area (Å²) in [6, 6.07) is 12.5. The lowest BCUT2D eigenvalue weighted by molar-refractivity contribution is 0.0793. The van der Waals surface area contributed by atoms with E-state index >= 15 is 0 Å². The van der Waals surface area contributed by atoms with Crippen molar-refractivity contribution in [3.63, 3.8) is 0 Å². The third-order valence-electron chi connectivity index (χ3n) is 3.88. The normalized spacial score (nSPS) is 14.6. The predicted octanol–water partition coefficient (Wildman–Crippen LogP) is 3.38. The van der Waals surface area contributed by atoms with Crippen molar-refractivity contribution in [1.82, 2.24) is 4.90 Å².